The third kappa shape index (κ3) is 6.60. The number of carbonyl (C=O) groups excluding carboxylic acids is 1. The number of thioether (sulfide) groups is 1. The molecule has 1 amide bonds. The van der Waals surface area contributed by atoms with Crippen LogP contribution in [-0.4, -0.2) is 58.9 Å². The van der Waals surface area contributed by atoms with Gasteiger partial charge in [-0.05, 0) is 30.7 Å². The average molecular weight is 441 g/mol. The molecule has 1 aromatic heterocycles. The number of carbonyl (C=O) groups is 1. The zero-order valence-corrected chi connectivity index (χ0v) is 17.9. The molecule has 1 N–H and O–H groups in total. The second-order valence-electron chi connectivity index (χ2n) is 6.55. The molecule has 150 valence electrons. The molecule has 9 heteroatoms. The zero-order chi connectivity index (χ0) is 19.9. The lowest BCUT2D eigenvalue weighted by Gasteiger charge is -2.33. The molecule has 0 radical (unpaired) electrons. The summed E-state index contributed by atoms with van der Waals surface area (Å²) in [5.74, 6) is 0.226. The van der Waals surface area contributed by atoms with Crippen molar-refractivity contribution < 1.29 is 9.53 Å². The minimum Gasteiger partial charge on any atom is -0.374 e. The molecule has 1 saturated heterocycles. The standard InChI is InChI=1S/C19H22Cl2N4O2S/c1-13-4-5-22-19(24-13)28-12-18(26)23-9-15-11-25(6-7-27-15)10-14-2-3-16(20)17(21)8-14/h2-5,8,15H,6-7,9-12H2,1H3,(H,23,26)/t15-/m0/s1. The molecule has 2 aromatic rings. The summed E-state index contributed by atoms with van der Waals surface area (Å²) in [4.78, 5) is 22.8. The molecule has 28 heavy (non-hydrogen) atoms. The van der Waals surface area contributed by atoms with Gasteiger partial charge in [0.05, 0.1) is 28.5 Å². The van der Waals surface area contributed by atoms with Crippen LogP contribution in [0.5, 0.6) is 0 Å². The average Bonchev–Trinajstić information content (AvgIpc) is 2.68. The number of aryl methyl sites for hydroxylation is 1. The van der Waals surface area contributed by atoms with Crippen LogP contribution >= 0.6 is 35.0 Å². The van der Waals surface area contributed by atoms with Crippen molar-refractivity contribution in [1.29, 1.82) is 0 Å². The Kier molecular flexibility index (Phi) is 7.93. The van der Waals surface area contributed by atoms with Gasteiger partial charge >= 0.3 is 0 Å². The van der Waals surface area contributed by atoms with E-state index in [-0.39, 0.29) is 17.8 Å². The van der Waals surface area contributed by atoms with Crippen molar-refractivity contribution >= 4 is 40.9 Å². The summed E-state index contributed by atoms with van der Waals surface area (Å²) >= 11 is 13.4. The molecule has 3 rings (SSSR count). The molecule has 6 nitrogen and oxygen atoms in total. The summed E-state index contributed by atoms with van der Waals surface area (Å²) in [6.45, 7) is 5.36. The molecule has 0 aliphatic carbocycles. The van der Waals surface area contributed by atoms with Gasteiger partial charge < -0.3 is 10.1 Å². The summed E-state index contributed by atoms with van der Waals surface area (Å²) < 4.78 is 5.78. The number of amides is 1. The van der Waals surface area contributed by atoms with E-state index in [9.17, 15) is 4.79 Å². The lowest BCUT2D eigenvalue weighted by Crippen LogP contribution is -2.47. The van der Waals surface area contributed by atoms with E-state index in [0.717, 1.165) is 30.9 Å². The Hall–Kier alpha value is -1.38. The predicted molar refractivity (Wildman–Crippen MR) is 112 cm³/mol. The molecule has 1 aliphatic rings. The van der Waals surface area contributed by atoms with Crippen LogP contribution in [0.4, 0.5) is 0 Å². The number of halogens is 2. The topological polar surface area (TPSA) is 67.4 Å². The van der Waals surface area contributed by atoms with E-state index >= 15 is 0 Å². The molecule has 0 unspecified atom stereocenters. The summed E-state index contributed by atoms with van der Waals surface area (Å²) in [5, 5.41) is 4.66. The molecule has 0 spiro atoms. The Balaban J connectivity index is 1.41. The van der Waals surface area contributed by atoms with Crippen LogP contribution in [0, 0.1) is 6.92 Å². The lowest BCUT2D eigenvalue weighted by atomic mass is 10.2. The fraction of sp³-hybridized carbons (Fsp3) is 0.421. The largest absolute Gasteiger partial charge is 0.374 e. The van der Waals surface area contributed by atoms with E-state index in [4.69, 9.17) is 27.9 Å². The van der Waals surface area contributed by atoms with Gasteiger partial charge in [0.2, 0.25) is 5.91 Å². The van der Waals surface area contributed by atoms with Crippen LogP contribution in [0.15, 0.2) is 35.6 Å². The first-order valence-electron chi connectivity index (χ1n) is 8.96. The fourth-order valence-electron chi connectivity index (χ4n) is 2.85. The van der Waals surface area contributed by atoms with Gasteiger partial charge in [0.1, 0.15) is 0 Å². The molecule has 2 heterocycles. The molecular weight excluding hydrogens is 419 g/mol. The number of aromatic nitrogens is 2. The lowest BCUT2D eigenvalue weighted by molar-refractivity contribution is -0.119. The molecule has 0 saturated carbocycles. The number of ether oxygens (including phenoxy) is 1. The van der Waals surface area contributed by atoms with Gasteiger partial charge in [0, 0.05) is 38.1 Å². The Labute approximate surface area is 179 Å². The molecular formula is C19H22Cl2N4O2S. The highest BCUT2D eigenvalue weighted by atomic mass is 35.5. The highest BCUT2D eigenvalue weighted by Gasteiger charge is 2.21. The first kappa shape index (κ1) is 21.3. The number of hydrogen-bond acceptors (Lipinski definition) is 6. The van der Waals surface area contributed by atoms with Crippen molar-refractivity contribution in [2.24, 2.45) is 0 Å². The first-order chi connectivity index (χ1) is 13.5. The van der Waals surface area contributed by atoms with Crippen LogP contribution in [0.1, 0.15) is 11.3 Å². The number of benzene rings is 1. The number of hydrogen-bond donors (Lipinski definition) is 1. The Morgan fingerprint density at radius 1 is 1.36 bits per heavy atom. The van der Waals surface area contributed by atoms with Crippen molar-refractivity contribution in [1.82, 2.24) is 20.2 Å². The summed E-state index contributed by atoms with van der Waals surface area (Å²) in [5.41, 5.74) is 1.99. The zero-order valence-electron chi connectivity index (χ0n) is 15.5. The van der Waals surface area contributed by atoms with E-state index in [1.165, 1.54) is 11.8 Å². The highest BCUT2D eigenvalue weighted by molar-refractivity contribution is 7.99. The van der Waals surface area contributed by atoms with E-state index in [2.05, 4.69) is 20.2 Å². The van der Waals surface area contributed by atoms with Gasteiger partial charge in [-0.3, -0.25) is 9.69 Å². The van der Waals surface area contributed by atoms with Crippen LogP contribution in [-0.2, 0) is 16.1 Å². The van der Waals surface area contributed by atoms with Gasteiger partial charge in [-0.2, -0.15) is 0 Å². The van der Waals surface area contributed by atoms with Gasteiger partial charge in [-0.1, -0.05) is 41.0 Å². The normalized spacial score (nSPS) is 17.5. The second-order valence-corrected chi connectivity index (χ2v) is 8.31. The first-order valence-corrected chi connectivity index (χ1v) is 10.7. The smallest absolute Gasteiger partial charge is 0.230 e. The van der Waals surface area contributed by atoms with Gasteiger partial charge in [0.15, 0.2) is 5.16 Å². The SMILES string of the molecule is Cc1ccnc(SCC(=O)NC[C@H]2CN(Cc3ccc(Cl)c(Cl)c3)CCO2)n1. The summed E-state index contributed by atoms with van der Waals surface area (Å²) in [6, 6.07) is 7.51. The monoisotopic (exact) mass is 440 g/mol. The van der Waals surface area contributed by atoms with E-state index in [1.807, 2.05) is 31.2 Å². The fourth-order valence-corrected chi connectivity index (χ4v) is 3.87. The van der Waals surface area contributed by atoms with Crippen molar-refractivity contribution in [3.8, 4) is 0 Å². The van der Waals surface area contributed by atoms with Crippen LogP contribution < -0.4 is 5.32 Å². The van der Waals surface area contributed by atoms with Gasteiger partial charge in [0.25, 0.3) is 0 Å². The van der Waals surface area contributed by atoms with Crippen molar-refractivity contribution in [3.63, 3.8) is 0 Å². The third-order valence-corrected chi connectivity index (χ3v) is 5.85. The maximum atomic E-state index is 12.1. The van der Waals surface area contributed by atoms with Gasteiger partial charge in [-0.25, -0.2) is 9.97 Å². The third-order valence-electron chi connectivity index (χ3n) is 4.25. The molecule has 0 bridgehead atoms. The highest BCUT2D eigenvalue weighted by Crippen LogP contribution is 2.23. The Morgan fingerprint density at radius 2 is 2.21 bits per heavy atom. The summed E-state index contributed by atoms with van der Waals surface area (Å²) in [6.07, 6.45) is 1.65. The Morgan fingerprint density at radius 3 is 3.00 bits per heavy atom. The van der Waals surface area contributed by atoms with E-state index in [0.29, 0.717) is 28.4 Å². The second kappa shape index (κ2) is 10.4. The molecule has 1 aliphatic heterocycles. The predicted octanol–water partition coefficient (Wildman–Crippen LogP) is 3.20. The quantitative estimate of drug-likeness (QED) is 0.526. The molecule has 1 atom stereocenters. The molecule has 1 fully saturated rings. The number of nitrogens with zero attached hydrogens (tertiary/aromatic N) is 3. The van der Waals surface area contributed by atoms with Crippen LogP contribution in [0.3, 0.4) is 0 Å². The number of morpholine rings is 1. The van der Waals surface area contributed by atoms with E-state index in [1.54, 1.807) is 6.20 Å². The Bertz CT molecular complexity index is 824. The van der Waals surface area contributed by atoms with Crippen molar-refractivity contribution in [3.05, 3.63) is 51.8 Å². The maximum absolute atomic E-state index is 12.1. The minimum absolute atomic E-state index is 0.0410. The van der Waals surface area contributed by atoms with E-state index < -0.39 is 0 Å². The number of rotatable bonds is 7. The number of nitrogens with one attached hydrogen (secondary N) is 1. The van der Waals surface area contributed by atoms with Crippen LogP contribution in [0.25, 0.3) is 0 Å². The van der Waals surface area contributed by atoms with Crippen molar-refractivity contribution in [2.75, 3.05) is 32.0 Å². The molecule has 1 aromatic carbocycles. The minimum atomic E-state index is -0.0553. The maximum Gasteiger partial charge on any atom is 0.230 e. The van der Waals surface area contributed by atoms with Gasteiger partial charge in [-0.15, -0.1) is 0 Å². The van der Waals surface area contributed by atoms with Crippen molar-refractivity contribution in [2.45, 2.75) is 24.7 Å². The van der Waals surface area contributed by atoms with Crippen LogP contribution in [0.2, 0.25) is 10.0 Å². The summed E-state index contributed by atoms with van der Waals surface area (Å²) in [7, 11) is 0.